The summed E-state index contributed by atoms with van der Waals surface area (Å²) in [4.78, 5) is 24.9. The molecule has 5 rings (SSSR count). The average molecular weight is 687 g/mol. The zero-order valence-electron chi connectivity index (χ0n) is 25.3. The van der Waals surface area contributed by atoms with Crippen molar-refractivity contribution in [3.05, 3.63) is 112 Å². The molecule has 1 atom stereocenters. The molecule has 1 N–H and O–H groups in total. The molecule has 1 amide bonds. The Morgan fingerprint density at radius 2 is 1.72 bits per heavy atom. The van der Waals surface area contributed by atoms with E-state index < -0.39 is 33.7 Å². The van der Waals surface area contributed by atoms with Crippen molar-refractivity contribution in [1.29, 1.82) is 0 Å². The first kappa shape index (κ1) is 33.8. The molecule has 47 heavy (non-hydrogen) atoms. The molecular formula is C34H30ClF3N2O6S. The fraction of sp³-hybridized carbons (Fsp3) is 0.235. The molecule has 0 unspecified atom stereocenters. The maximum atomic E-state index is 14.0. The molecule has 1 heterocycles. The molecule has 0 bridgehead atoms. The van der Waals surface area contributed by atoms with Gasteiger partial charge in [0.05, 0.1) is 36.2 Å². The first-order valence-electron chi connectivity index (χ1n) is 14.5. The number of rotatable bonds is 10. The van der Waals surface area contributed by atoms with Gasteiger partial charge in [-0.2, -0.15) is 13.2 Å². The molecule has 0 aromatic heterocycles. The number of esters is 1. The van der Waals surface area contributed by atoms with E-state index in [1.165, 1.54) is 31.4 Å². The quantitative estimate of drug-likeness (QED) is 0.154. The van der Waals surface area contributed by atoms with Crippen LogP contribution in [0.1, 0.15) is 22.3 Å². The highest BCUT2D eigenvalue weighted by molar-refractivity contribution is 7.93. The van der Waals surface area contributed by atoms with E-state index in [9.17, 15) is 31.2 Å². The Hall–Kier alpha value is -4.55. The minimum Gasteiger partial charge on any atom is -0.492 e. The summed E-state index contributed by atoms with van der Waals surface area (Å²) in [5.74, 6) is -0.338. The number of alkyl halides is 3. The number of nitrogens with zero attached hydrogens (tertiary/aromatic N) is 1. The van der Waals surface area contributed by atoms with Crippen LogP contribution in [0.15, 0.2) is 89.8 Å². The topological polar surface area (TPSA) is 102 Å². The molecule has 0 saturated carbocycles. The lowest BCUT2D eigenvalue weighted by atomic mass is 10.0. The van der Waals surface area contributed by atoms with Gasteiger partial charge < -0.3 is 14.8 Å². The van der Waals surface area contributed by atoms with Gasteiger partial charge in [-0.1, -0.05) is 48.0 Å². The van der Waals surface area contributed by atoms with E-state index in [1.807, 2.05) is 6.92 Å². The van der Waals surface area contributed by atoms with E-state index in [4.69, 9.17) is 21.1 Å². The summed E-state index contributed by atoms with van der Waals surface area (Å²) in [6.07, 6.45) is -4.30. The Labute approximate surface area is 275 Å². The smallest absolute Gasteiger partial charge is 0.416 e. The largest absolute Gasteiger partial charge is 0.492 e. The van der Waals surface area contributed by atoms with Crippen molar-refractivity contribution in [3.63, 3.8) is 0 Å². The lowest BCUT2D eigenvalue weighted by Gasteiger charge is -2.26. The maximum absolute atomic E-state index is 14.0. The van der Waals surface area contributed by atoms with Gasteiger partial charge in [-0.15, -0.1) is 0 Å². The van der Waals surface area contributed by atoms with Crippen molar-refractivity contribution in [3.8, 4) is 16.9 Å². The Morgan fingerprint density at radius 3 is 2.40 bits per heavy atom. The van der Waals surface area contributed by atoms with Crippen LogP contribution in [0.5, 0.6) is 5.75 Å². The highest BCUT2D eigenvalue weighted by atomic mass is 35.5. The number of fused-ring (bicyclic) bond motifs is 1. The van der Waals surface area contributed by atoms with Crippen LogP contribution in [0.25, 0.3) is 11.1 Å². The van der Waals surface area contributed by atoms with Gasteiger partial charge in [0.25, 0.3) is 10.0 Å². The van der Waals surface area contributed by atoms with Crippen LogP contribution in [0.3, 0.4) is 0 Å². The molecule has 0 aliphatic carbocycles. The number of hydrogen-bond donors (Lipinski definition) is 1. The molecule has 0 saturated heterocycles. The van der Waals surface area contributed by atoms with Gasteiger partial charge in [-0.05, 0) is 77.7 Å². The van der Waals surface area contributed by atoms with Gasteiger partial charge in [0.15, 0.2) is 0 Å². The summed E-state index contributed by atoms with van der Waals surface area (Å²) >= 11 is 6.18. The standard InChI is InChI=1S/C34H30ClF3N2O6S/c1-21-17-26(11-7-23(21)19-32(41)45-2)46-16-15-39-33(42)31-18-24-5-3-4-6-30(24)40(31)47(43,44)27-12-8-22(9-13-27)28-20-25(34(36,37)38)10-14-29(28)35/h3-14,17,20,31H,15-16,18-19H2,1-2H3,(H,39,42)/t31-/m0/s1. The number of sulfonamides is 1. The lowest BCUT2D eigenvalue weighted by molar-refractivity contribution is -0.140. The van der Waals surface area contributed by atoms with Crippen molar-refractivity contribution < 1.29 is 40.7 Å². The number of aryl methyl sites for hydroxylation is 1. The molecule has 0 fully saturated rings. The summed E-state index contributed by atoms with van der Waals surface area (Å²) in [6, 6.07) is 19.2. The number of anilines is 1. The SMILES string of the molecule is COC(=O)Cc1ccc(OCCNC(=O)[C@@H]2Cc3ccccc3N2S(=O)(=O)c2ccc(-c3cc(C(F)(F)F)ccc3Cl)cc2)cc1C. The van der Waals surface area contributed by atoms with Crippen LogP contribution in [0, 0.1) is 6.92 Å². The van der Waals surface area contributed by atoms with Crippen molar-refractivity contribution in [2.45, 2.75) is 36.9 Å². The third-order valence-corrected chi connectivity index (χ3v) is 9.96. The number of halogens is 4. The number of benzene rings is 4. The van der Waals surface area contributed by atoms with Gasteiger partial charge in [-0.25, -0.2) is 8.42 Å². The van der Waals surface area contributed by atoms with Crippen LogP contribution in [-0.2, 0) is 43.4 Å². The van der Waals surface area contributed by atoms with Gasteiger partial charge >= 0.3 is 12.1 Å². The molecule has 0 radical (unpaired) electrons. The zero-order chi connectivity index (χ0) is 33.9. The molecule has 0 spiro atoms. The fourth-order valence-corrected chi connectivity index (χ4v) is 7.22. The first-order valence-corrected chi connectivity index (χ1v) is 16.3. The summed E-state index contributed by atoms with van der Waals surface area (Å²) in [5, 5.41) is 2.84. The number of ether oxygens (including phenoxy) is 2. The summed E-state index contributed by atoms with van der Waals surface area (Å²) < 4.78 is 79.4. The number of nitrogens with one attached hydrogen (secondary N) is 1. The van der Waals surface area contributed by atoms with Gasteiger partial charge in [0, 0.05) is 17.0 Å². The van der Waals surface area contributed by atoms with E-state index in [1.54, 1.807) is 42.5 Å². The second kappa shape index (κ2) is 13.7. The number of methoxy groups -OCH3 is 1. The van der Waals surface area contributed by atoms with E-state index in [0.717, 1.165) is 33.6 Å². The molecule has 1 aliphatic rings. The van der Waals surface area contributed by atoms with Gasteiger partial charge in [-0.3, -0.25) is 13.9 Å². The Kier molecular flexibility index (Phi) is 9.83. The molecule has 8 nitrogen and oxygen atoms in total. The minimum absolute atomic E-state index is 0.0773. The number of amides is 1. The van der Waals surface area contributed by atoms with Crippen LogP contribution >= 0.6 is 11.6 Å². The second-order valence-corrected chi connectivity index (χ2v) is 13.1. The lowest BCUT2D eigenvalue weighted by Crippen LogP contribution is -2.48. The number of carbonyl (C=O) groups excluding carboxylic acids is 2. The van der Waals surface area contributed by atoms with Crippen LogP contribution < -0.4 is 14.4 Å². The highest BCUT2D eigenvalue weighted by Gasteiger charge is 2.42. The first-order chi connectivity index (χ1) is 22.3. The third kappa shape index (κ3) is 7.39. The molecule has 4 aromatic carbocycles. The van der Waals surface area contributed by atoms with Crippen molar-refractivity contribution in [2.24, 2.45) is 0 Å². The van der Waals surface area contributed by atoms with Gasteiger partial charge in [0.1, 0.15) is 18.4 Å². The predicted molar refractivity (Wildman–Crippen MR) is 171 cm³/mol. The zero-order valence-corrected chi connectivity index (χ0v) is 26.9. The molecule has 13 heteroatoms. The van der Waals surface area contributed by atoms with Crippen molar-refractivity contribution in [1.82, 2.24) is 5.32 Å². The second-order valence-electron chi connectivity index (χ2n) is 10.8. The van der Waals surface area contributed by atoms with Crippen LogP contribution in [-0.4, -0.2) is 46.6 Å². The molecule has 246 valence electrons. The third-order valence-electron chi connectivity index (χ3n) is 7.79. The van der Waals surface area contributed by atoms with E-state index >= 15 is 0 Å². The highest BCUT2D eigenvalue weighted by Crippen LogP contribution is 2.39. The van der Waals surface area contributed by atoms with E-state index in [-0.39, 0.29) is 47.4 Å². The molecule has 4 aromatic rings. The van der Waals surface area contributed by atoms with Gasteiger partial charge in [0.2, 0.25) is 5.91 Å². The number of hydrogen-bond acceptors (Lipinski definition) is 6. The monoisotopic (exact) mass is 686 g/mol. The Balaban J connectivity index is 1.30. The van der Waals surface area contributed by atoms with Crippen LogP contribution in [0.4, 0.5) is 18.9 Å². The number of para-hydroxylation sites is 1. The van der Waals surface area contributed by atoms with Crippen LogP contribution in [0.2, 0.25) is 5.02 Å². The molecular weight excluding hydrogens is 657 g/mol. The number of carbonyl (C=O) groups is 2. The normalized spacial score (nSPS) is 14.4. The maximum Gasteiger partial charge on any atom is 0.416 e. The van der Waals surface area contributed by atoms with E-state index in [2.05, 4.69) is 5.32 Å². The summed E-state index contributed by atoms with van der Waals surface area (Å²) in [7, 11) is -2.96. The average Bonchev–Trinajstić information content (AvgIpc) is 3.45. The fourth-order valence-electron chi connectivity index (χ4n) is 5.34. The van der Waals surface area contributed by atoms with Crippen molar-refractivity contribution >= 4 is 39.2 Å². The van der Waals surface area contributed by atoms with Crippen molar-refractivity contribution in [2.75, 3.05) is 24.6 Å². The Morgan fingerprint density at radius 1 is 1.00 bits per heavy atom. The predicted octanol–water partition coefficient (Wildman–Crippen LogP) is 6.36. The molecule has 1 aliphatic heterocycles. The minimum atomic E-state index is -4.58. The van der Waals surface area contributed by atoms with E-state index in [0.29, 0.717) is 22.6 Å². The summed E-state index contributed by atoms with van der Waals surface area (Å²) in [6.45, 7) is 2.04. The summed E-state index contributed by atoms with van der Waals surface area (Å²) in [5.41, 5.74) is 2.18. The Bertz CT molecular complexity index is 1920.